The summed E-state index contributed by atoms with van der Waals surface area (Å²) in [5.41, 5.74) is 4.86. The Morgan fingerprint density at radius 2 is 1.85 bits per heavy atom. The van der Waals surface area contributed by atoms with Gasteiger partial charge in [0.05, 0.1) is 23.3 Å². The Morgan fingerprint density at radius 1 is 1.00 bits per heavy atom. The highest BCUT2D eigenvalue weighted by Crippen LogP contribution is 2.23. The number of hydrogen-bond donors (Lipinski definition) is 0. The molecule has 26 heavy (non-hydrogen) atoms. The second kappa shape index (κ2) is 6.34. The molecule has 0 unspecified atom stereocenters. The van der Waals surface area contributed by atoms with Crippen LogP contribution in [-0.4, -0.2) is 34.3 Å². The molecule has 1 aromatic carbocycles. The maximum absolute atomic E-state index is 11.6. The zero-order valence-electron chi connectivity index (χ0n) is 14.1. The van der Waals surface area contributed by atoms with Crippen molar-refractivity contribution < 1.29 is 8.42 Å². The Bertz CT molecular complexity index is 1180. The molecule has 7 heteroatoms. The van der Waals surface area contributed by atoms with Gasteiger partial charge in [-0.3, -0.25) is 4.98 Å². The van der Waals surface area contributed by atoms with Gasteiger partial charge in [-0.05, 0) is 35.9 Å². The van der Waals surface area contributed by atoms with Gasteiger partial charge in [-0.1, -0.05) is 18.2 Å². The molecule has 0 aliphatic heterocycles. The molecule has 0 amide bonds. The summed E-state index contributed by atoms with van der Waals surface area (Å²) in [6, 6.07) is 15.0. The monoisotopic (exact) mass is 364 g/mol. The molecule has 0 saturated carbocycles. The van der Waals surface area contributed by atoms with E-state index in [0.717, 1.165) is 33.7 Å². The van der Waals surface area contributed by atoms with Crippen molar-refractivity contribution in [1.82, 2.24) is 19.6 Å². The van der Waals surface area contributed by atoms with Crippen molar-refractivity contribution in [2.45, 2.75) is 5.75 Å². The lowest BCUT2D eigenvalue weighted by molar-refractivity contribution is 0.601. The maximum atomic E-state index is 11.6. The second-order valence-electron chi connectivity index (χ2n) is 6.14. The number of benzene rings is 1. The van der Waals surface area contributed by atoms with Crippen LogP contribution in [0.2, 0.25) is 0 Å². The number of imidazole rings is 1. The van der Waals surface area contributed by atoms with Crippen LogP contribution < -0.4 is 0 Å². The molecule has 0 atom stereocenters. The van der Waals surface area contributed by atoms with Crippen LogP contribution >= 0.6 is 0 Å². The normalized spacial score (nSPS) is 11.7. The highest BCUT2D eigenvalue weighted by Gasteiger charge is 2.10. The molecule has 0 N–H and O–H groups in total. The van der Waals surface area contributed by atoms with Gasteiger partial charge in [-0.2, -0.15) is 5.10 Å². The van der Waals surface area contributed by atoms with E-state index in [1.165, 1.54) is 6.26 Å². The third-order valence-electron chi connectivity index (χ3n) is 3.97. The number of hydrogen-bond acceptors (Lipinski definition) is 5. The van der Waals surface area contributed by atoms with Crippen molar-refractivity contribution in [2.24, 2.45) is 0 Å². The Kier molecular flexibility index (Phi) is 4.00. The largest absolute Gasteiger partial charge is 0.264 e. The standard InChI is InChI=1S/C19H16N4O2S/c1-26(24,25)13-14-4-2-5-15(10-14)17-7-8-19-21-12-18(23(19)22-17)16-6-3-9-20-11-16/h2-12H,13H2,1H3. The molecule has 0 bridgehead atoms. The van der Waals surface area contributed by atoms with Gasteiger partial charge in [0.25, 0.3) is 0 Å². The molecule has 0 aliphatic carbocycles. The highest BCUT2D eigenvalue weighted by molar-refractivity contribution is 7.89. The van der Waals surface area contributed by atoms with E-state index in [2.05, 4.69) is 9.97 Å². The van der Waals surface area contributed by atoms with Crippen LogP contribution in [0.4, 0.5) is 0 Å². The van der Waals surface area contributed by atoms with Crippen LogP contribution in [0, 0.1) is 0 Å². The molecule has 0 aliphatic rings. The van der Waals surface area contributed by atoms with Gasteiger partial charge in [0.15, 0.2) is 15.5 Å². The van der Waals surface area contributed by atoms with E-state index in [0.29, 0.717) is 0 Å². The van der Waals surface area contributed by atoms with E-state index in [1.54, 1.807) is 29.2 Å². The summed E-state index contributed by atoms with van der Waals surface area (Å²) in [5, 5.41) is 4.70. The number of nitrogens with zero attached hydrogens (tertiary/aromatic N) is 4. The molecular formula is C19H16N4O2S. The summed E-state index contributed by atoms with van der Waals surface area (Å²) in [6.45, 7) is 0. The smallest absolute Gasteiger partial charge is 0.154 e. The van der Waals surface area contributed by atoms with Crippen molar-refractivity contribution in [3.8, 4) is 22.5 Å². The van der Waals surface area contributed by atoms with Gasteiger partial charge in [0.1, 0.15) is 0 Å². The molecule has 4 aromatic rings. The van der Waals surface area contributed by atoms with Gasteiger partial charge in [0, 0.05) is 29.8 Å². The van der Waals surface area contributed by atoms with E-state index < -0.39 is 9.84 Å². The fourth-order valence-corrected chi connectivity index (χ4v) is 3.65. The molecule has 0 spiro atoms. The number of fused-ring (bicyclic) bond motifs is 1. The lowest BCUT2D eigenvalue weighted by Crippen LogP contribution is -2.01. The number of pyridine rings is 1. The summed E-state index contributed by atoms with van der Waals surface area (Å²) in [7, 11) is -3.09. The summed E-state index contributed by atoms with van der Waals surface area (Å²) in [5.74, 6) is 0.00902. The second-order valence-corrected chi connectivity index (χ2v) is 8.28. The zero-order chi connectivity index (χ0) is 18.1. The van der Waals surface area contributed by atoms with Gasteiger partial charge in [0.2, 0.25) is 0 Å². The van der Waals surface area contributed by atoms with Crippen molar-refractivity contribution in [3.63, 3.8) is 0 Å². The van der Waals surface area contributed by atoms with Crippen LogP contribution in [0.15, 0.2) is 67.1 Å². The fourth-order valence-electron chi connectivity index (χ4n) is 2.86. The molecule has 0 saturated heterocycles. The average Bonchev–Trinajstić information content (AvgIpc) is 3.04. The number of aromatic nitrogens is 4. The Hall–Kier alpha value is -3.06. The fraction of sp³-hybridized carbons (Fsp3) is 0.105. The predicted octanol–water partition coefficient (Wildman–Crippen LogP) is 3.00. The molecule has 3 heterocycles. The number of rotatable bonds is 4. The SMILES string of the molecule is CS(=O)(=O)Cc1cccc(-c2ccc3ncc(-c4cccnc4)n3n2)c1. The van der Waals surface area contributed by atoms with E-state index in [1.807, 2.05) is 42.5 Å². The van der Waals surface area contributed by atoms with Gasteiger partial charge >= 0.3 is 0 Å². The summed E-state index contributed by atoms with van der Waals surface area (Å²) in [4.78, 5) is 8.54. The van der Waals surface area contributed by atoms with E-state index in [-0.39, 0.29) is 5.75 Å². The minimum Gasteiger partial charge on any atom is -0.264 e. The van der Waals surface area contributed by atoms with E-state index in [4.69, 9.17) is 5.10 Å². The Balaban J connectivity index is 1.80. The van der Waals surface area contributed by atoms with E-state index >= 15 is 0 Å². The molecule has 130 valence electrons. The molecule has 4 rings (SSSR count). The minimum absolute atomic E-state index is 0.00902. The van der Waals surface area contributed by atoms with Crippen LogP contribution in [-0.2, 0) is 15.6 Å². The average molecular weight is 364 g/mol. The summed E-state index contributed by atoms with van der Waals surface area (Å²) in [6.07, 6.45) is 6.49. The van der Waals surface area contributed by atoms with Crippen molar-refractivity contribution in [1.29, 1.82) is 0 Å². The number of sulfone groups is 1. The molecule has 3 aromatic heterocycles. The lowest BCUT2D eigenvalue weighted by atomic mass is 10.1. The van der Waals surface area contributed by atoms with Gasteiger partial charge in [-0.15, -0.1) is 0 Å². The molecule has 6 nitrogen and oxygen atoms in total. The molecule has 0 fully saturated rings. The van der Waals surface area contributed by atoms with Gasteiger partial charge < -0.3 is 0 Å². The van der Waals surface area contributed by atoms with Crippen LogP contribution in [0.5, 0.6) is 0 Å². The highest BCUT2D eigenvalue weighted by atomic mass is 32.2. The quantitative estimate of drug-likeness (QED) is 0.556. The first kappa shape index (κ1) is 16.4. The first-order chi connectivity index (χ1) is 12.5. The van der Waals surface area contributed by atoms with Gasteiger partial charge in [-0.25, -0.2) is 17.9 Å². The van der Waals surface area contributed by atoms with Crippen LogP contribution in [0.3, 0.4) is 0 Å². The minimum atomic E-state index is -3.09. The van der Waals surface area contributed by atoms with Crippen molar-refractivity contribution in [3.05, 3.63) is 72.7 Å². The Morgan fingerprint density at radius 3 is 2.62 bits per heavy atom. The van der Waals surface area contributed by atoms with Crippen LogP contribution in [0.1, 0.15) is 5.56 Å². The summed E-state index contributed by atoms with van der Waals surface area (Å²) < 4.78 is 24.9. The first-order valence-corrected chi connectivity index (χ1v) is 10.1. The Labute approximate surface area is 151 Å². The zero-order valence-corrected chi connectivity index (χ0v) is 14.9. The maximum Gasteiger partial charge on any atom is 0.154 e. The van der Waals surface area contributed by atoms with Crippen molar-refractivity contribution in [2.75, 3.05) is 6.26 Å². The first-order valence-electron chi connectivity index (χ1n) is 8.02. The predicted molar refractivity (Wildman–Crippen MR) is 100 cm³/mol. The third-order valence-corrected chi connectivity index (χ3v) is 4.83. The van der Waals surface area contributed by atoms with Crippen molar-refractivity contribution >= 4 is 15.5 Å². The lowest BCUT2D eigenvalue weighted by Gasteiger charge is -2.06. The molecular weight excluding hydrogens is 348 g/mol. The topological polar surface area (TPSA) is 77.2 Å². The van der Waals surface area contributed by atoms with E-state index in [9.17, 15) is 8.42 Å². The molecule has 0 radical (unpaired) electrons. The summed E-state index contributed by atoms with van der Waals surface area (Å²) >= 11 is 0. The van der Waals surface area contributed by atoms with Crippen LogP contribution in [0.25, 0.3) is 28.2 Å². The third kappa shape index (κ3) is 3.34.